The molecule has 1 aromatic carbocycles. The highest BCUT2D eigenvalue weighted by Gasteiger charge is 2.30. The first-order valence-corrected chi connectivity index (χ1v) is 9.05. The first-order chi connectivity index (χ1) is 11.7. The summed E-state index contributed by atoms with van der Waals surface area (Å²) in [5.41, 5.74) is 0.787. The Hall–Kier alpha value is -2.04. The zero-order chi connectivity index (χ0) is 17.4. The van der Waals surface area contributed by atoms with Crippen molar-refractivity contribution in [3.63, 3.8) is 0 Å². The van der Waals surface area contributed by atoms with Gasteiger partial charge < -0.3 is 15.1 Å². The van der Waals surface area contributed by atoms with Crippen LogP contribution in [-0.2, 0) is 4.79 Å². The second-order valence-corrected chi connectivity index (χ2v) is 6.41. The molecule has 1 fully saturated rings. The molecule has 2 rings (SSSR count). The molecule has 0 bridgehead atoms. The lowest BCUT2D eigenvalue weighted by Gasteiger charge is -2.35. The molecule has 1 heterocycles. The number of amides is 3. The molecule has 24 heavy (non-hydrogen) atoms. The molecule has 1 aromatic rings. The lowest BCUT2D eigenvalue weighted by molar-refractivity contribution is -0.137. The molecule has 1 atom stereocenters. The Morgan fingerprint density at radius 1 is 1.17 bits per heavy atom. The Morgan fingerprint density at radius 2 is 1.83 bits per heavy atom. The summed E-state index contributed by atoms with van der Waals surface area (Å²) in [5, 5.41) is 2.91. The lowest BCUT2D eigenvalue weighted by Crippen LogP contribution is -2.48. The quantitative estimate of drug-likeness (QED) is 0.866. The van der Waals surface area contributed by atoms with Gasteiger partial charge in [-0.3, -0.25) is 4.79 Å². The summed E-state index contributed by atoms with van der Waals surface area (Å²) >= 11 is 0. The number of piperidine rings is 1. The maximum atomic E-state index is 12.8. The van der Waals surface area contributed by atoms with Gasteiger partial charge >= 0.3 is 6.03 Å². The Balaban J connectivity index is 1.95. The van der Waals surface area contributed by atoms with Crippen molar-refractivity contribution in [1.82, 2.24) is 9.80 Å². The molecule has 1 aliphatic rings. The second-order valence-electron chi connectivity index (χ2n) is 6.41. The molecule has 1 aliphatic heterocycles. The van der Waals surface area contributed by atoms with E-state index in [-0.39, 0.29) is 17.9 Å². The van der Waals surface area contributed by atoms with Gasteiger partial charge in [0.25, 0.3) is 0 Å². The van der Waals surface area contributed by atoms with Crippen LogP contribution in [0.25, 0.3) is 0 Å². The minimum absolute atomic E-state index is 0.0710. The molecule has 132 valence electrons. The third kappa shape index (κ3) is 4.98. The summed E-state index contributed by atoms with van der Waals surface area (Å²) in [6.07, 6.45) is 3.69. The summed E-state index contributed by atoms with van der Waals surface area (Å²) in [5.74, 6) is 0.134. The summed E-state index contributed by atoms with van der Waals surface area (Å²) < 4.78 is 0. The van der Waals surface area contributed by atoms with Crippen LogP contribution in [0.2, 0.25) is 0 Å². The molecule has 1 unspecified atom stereocenters. The van der Waals surface area contributed by atoms with E-state index < -0.39 is 0 Å². The SMILES string of the molecule is CCCN(CCC)C(=O)C1CCCN(C(=O)Nc2ccccc2)C1. The number of benzene rings is 1. The normalized spacial score (nSPS) is 17.4. The average Bonchev–Trinajstić information content (AvgIpc) is 2.62. The molecule has 0 aliphatic carbocycles. The molecular formula is C19H29N3O2. The standard InChI is InChI=1S/C19H29N3O2/c1-3-12-21(13-4-2)18(23)16-9-8-14-22(15-16)19(24)20-17-10-6-5-7-11-17/h5-7,10-11,16H,3-4,8-9,12-15H2,1-2H3,(H,20,24). The zero-order valence-electron chi connectivity index (χ0n) is 14.8. The Morgan fingerprint density at radius 3 is 2.46 bits per heavy atom. The third-order valence-corrected chi connectivity index (χ3v) is 4.38. The van der Waals surface area contributed by atoms with E-state index in [0.29, 0.717) is 13.1 Å². The van der Waals surface area contributed by atoms with Gasteiger partial charge in [0.05, 0.1) is 5.92 Å². The highest BCUT2D eigenvalue weighted by Crippen LogP contribution is 2.20. The van der Waals surface area contributed by atoms with Crippen LogP contribution in [0.4, 0.5) is 10.5 Å². The summed E-state index contributed by atoms with van der Waals surface area (Å²) in [4.78, 5) is 29.0. The van der Waals surface area contributed by atoms with Gasteiger partial charge in [0.2, 0.25) is 5.91 Å². The van der Waals surface area contributed by atoms with E-state index in [1.165, 1.54) is 0 Å². The van der Waals surface area contributed by atoms with Crippen molar-refractivity contribution in [1.29, 1.82) is 0 Å². The van der Waals surface area contributed by atoms with Gasteiger partial charge in [0, 0.05) is 31.9 Å². The fourth-order valence-electron chi connectivity index (χ4n) is 3.22. The van der Waals surface area contributed by atoms with E-state index in [9.17, 15) is 9.59 Å². The number of nitrogens with zero attached hydrogens (tertiary/aromatic N) is 2. The number of hydrogen-bond acceptors (Lipinski definition) is 2. The first kappa shape index (κ1) is 18.3. The lowest BCUT2D eigenvalue weighted by atomic mass is 9.96. The number of nitrogens with one attached hydrogen (secondary N) is 1. The van der Waals surface area contributed by atoms with Gasteiger partial charge in [-0.2, -0.15) is 0 Å². The molecule has 0 saturated carbocycles. The number of para-hydroxylation sites is 1. The van der Waals surface area contributed by atoms with Crippen LogP contribution in [0.15, 0.2) is 30.3 Å². The second kappa shape index (κ2) is 9.30. The molecule has 0 spiro atoms. The van der Waals surface area contributed by atoms with E-state index in [1.807, 2.05) is 35.2 Å². The Labute approximate surface area is 145 Å². The first-order valence-electron chi connectivity index (χ1n) is 9.05. The Bertz CT molecular complexity index is 527. The monoisotopic (exact) mass is 331 g/mol. The fourth-order valence-corrected chi connectivity index (χ4v) is 3.22. The highest BCUT2D eigenvalue weighted by molar-refractivity contribution is 5.90. The van der Waals surface area contributed by atoms with E-state index in [0.717, 1.165) is 44.5 Å². The van der Waals surface area contributed by atoms with Gasteiger partial charge in [0.1, 0.15) is 0 Å². The van der Waals surface area contributed by atoms with Crippen LogP contribution < -0.4 is 5.32 Å². The number of hydrogen-bond donors (Lipinski definition) is 1. The van der Waals surface area contributed by atoms with E-state index in [4.69, 9.17) is 0 Å². The molecule has 0 aromatic heterocycles. The van der Waals surface area contributed by atoms with Crippen LogP contribution in [0.5, 0.6) is 0 Å². The van der Waals surface area contributed by atoms with Crippen molar-refractivity contribution in [3.8, 4) is 0 Å². The minimum atomic E-state index is -0.115. The van der Waals surface area contributed by atoms with Crippen molar-refractivity contribution in [2.75, 3.05) is 31.5 Å². The van der Waals surface area contributed by atoms with Gasteiger partial charge in [0.15, 0.2) is 0 Å². The van der Waals surface area contributed by atoms with E-state index >= 15 is 0 Å². The molecule has 1 N–H and O–H groups in total. The number of carbonyl (C=O) groups is 2. The van der Waals surface area contributed by atoms with E-state index in [2.05, 4.69) is 19.2 Å². The predicted octanol–water partition coefficient (Wildman–Crippen LogP) is 3.58. The fraction of sp³-hybridized carbons (Fsp3) is 0.579. The molecule has 1 saturated heterocycles. The number of likely N-dealkylation sites (tertiary alicyclic amines) is 1. The Kier molecular flexibility index (Phi) is 7.09. The predicted molar refractivity (Wildman–Crippen MR) is 96.9 cm³/mol. The van der Waals surface area contributed by atoms with Crippen molar-refractivity contribution in [2.45, 2.75) is 39.5 Å². The van der Waals surface area contributed by atoms with Crippen molar-refractivity contribution in [3.05, 3.63) is 30.3 Å². The molecule has 0 radical (unpaired) electrons. The maximum absolute atomic E-state index is 12.8. The number of anilines is 1. The van der Waals surface area contributed by atoms with Crippen molar-refractivity contribution in [2.24, 2.45) is 5.92 Å². The maximum Gasteiger partial charge on any atom is 0.321 e. The van der Waals surface area contributed by atoms with Gasteiger partial charge in [-0.1, -0.05) is 32.0 Å². The minimum Gasteiger partial charge on any atom is -0.342 e. The molecule has 3 amide bonds. The van der Waals surface area contributed by atoms with Crippen LogP contribution in [0.1, 0.15) is 39.5 Å². The van der Waals surface area contributed by atoms with Crippen molar-refractivity contribution < 1.29 is 9.59 Å². The van der Waals surface area contributed by atoms with Gasteiger partial charge in [-0.15, -0.1) is 0 Å². The molecular weight excluding hydrogens is 302 g/mol. The van der Waals surface area contributed by atoms with E-state index in [1.54, 1.807) is 4.90 Å². The largest absolute Gasteiger partial charge is 0.342 e. The van der Waals surface area contributed by atoms with Crippen molar-refractivity contribution >= 4 is 17.6 Å². The molecule has 5 nitrogen and oxygen atoms in total. The smallest absolute Gasteiger partial charge is 0.321 e. The number of urea groups is 1. The zero-order valence-corrected chi connectivity index (χ0v) is 14.8. The topological polar surface area (TPSA) is 52.7 Å². The summed E-state index contributed by atoms with van der Waals surface area (Å²) in [6, 6.07) is 9.33. The number of rotatable bonds is 6. The summed E-state index contributed by atoms with van der Waals surface area (Å²) in [6.45, 7) is 7.02. The molecule has 5 heteroatoms. The van der Waals surface area contributed by atoms with Crippen LogP contribution in [0, 0.1) is 5.92 Å². The average molecular weight is 331 g/mol. The van der Waals surface area contributed by atoms with Gasteiger partial charge in [-0.25, -0.2) is 4.79 Å². The van der Waals surface area contributed by atoms with Crippen LogP contribution >= 0.6 is 0 Å². The van der Waals surface area contributed by atoms with Crippen LogP contribution in [-0.4, -0.2) is 47.9 Å². The third-order valence-electron chi connectivity index (χ3n) is 4.38. The van der Waals surface area contributed by atoms with Gasteiger partial charge in [-0.05, 0) is 37.8 Å². The summed E-state index contributed by atoms with van der Waals surface area (Å²) in [7, 11) is 0. The number of carbonyl (C=O) groups excluding carboxylic acids is 2. The van der Waals surface area contributed by atoms with Crippen LogP contribution in [0.3, 0.4) is 0 Å². The highest BCUT2D eigenvalue weighted by atomic mass is 16.2.